The Morgan fingerprint density at radius 2 is 1.18 bits per heavy atom. The molecule has 1 aromatic rings. The quantitative estimate of drug-likeness (QED) is 0.172. The summed E-state index contributed by atoms with van der Waals surface area (Å²) in [6.45, 7) is 29.3. The maximum atomic E-state index is 13.1. The second-order valence-electron chi connectivity index (χ2n) is 13.7. The van der Waals surface area contributed by atoms with E-state index < -0.39 is 5.60 Å². The van der Waals surface area contributed by atoms with E-state index in [2.05, 4.69) is 81.1 Å². The van der Waals surface area contributed by atoms with E-state index >= 15 is 0 Å². The zero-order valence-corrected chi connectivity index (χ0v) is 27.4. The number of carbonyl (C=O) groups is 1. The first kappa shape index (κ1) is 35.4. The van der Waals surface area contributed by atoms with Gasteiger partial charge in [0, 0.05) is 36.4 Å². The molecule has 0 heterocycles. The lowest BCUT2D eigenvalue weighted by Gasteiger charge is -2.51. The smallest absolute Gasteiger partial charge is 0.338 e. The Labute approximate surface area is 240 Å². The number of esters is 1. The first-order valence-electron chi connectivity index (χ1n) is 14.8. The summed E-state index contributed by atoms with van der Waals surface area (Å²) in [5.41, 5.74) is 0.431. The van der Waals surface area contributed by atoms with Crippen molar-refractivity contribution >= 4 is 11.7 Å². The number of carbonyl (C=O) groups excluding carboxylic acids is 1. The molecule has 0 saturated carbocycles. The van der Waals surface area contributed by atoms with Crippen molar-refractivity contribution in [2.24, 2.45) is 0 Å². The van der Waals surface area contributed by atoms with Gasteiger partial charge in [0.15, 0.2) is 0 Å². The van der Waals surface area contributed by atoms with E-state index in [4.69, 9.17) is 18.9 Å². The SMILES string of the molecule is CCC(C)(C)OCCC(C)(C)OC(=O)c1ccc(N(C(C)(C)CCOC(C)C)C(C)(C)CCOC(C)C)cc1. The van der Waals surface area contributed by atoms with Crippen LogP contribution in [0.15, 0.2) is 24.3 Å². The molecule has 0 aliphatic rings. The number of anilines is 1. The second-order valence-corrected chi connectivity index (χ2v) is 13.7. The van der Waals surface area contributed by atoms with Crippen molar-refractivity contribution < 1.29 is 23.7 Å². The van der Waals surface area contributed by atoms with Gasteiger partial charge < -0.3 is 23.8 Å². The van der Waals surface area contributed by atoms with Gasteiger partial charge in [-0.25, -0.2) is 4.79 Å². The molecule has 0 radical (unpaired) electrons. The van der Waals surface area contributed by atoms with E-state index in [0.717, 1.165) is 24.9 Å². The number of hydrogen-bond donors (Lipinski definition) is 0. The van der Waals surface area contributed by atoms with Crippen LogP contribution in [0.5, 0.6) is 0 Å². The van der Waals surface area contributed by atoms with Crippen LogP contribution in [0.2, 0.25) is 0 Å². The van der Waals surface area contributed by atoms with Crippen LogP contribution in [-0.4, -0.2) is 60.3 Å². The van der Waals surface area contributed by atoms with E-state index in [1.165, 1.54) is 0 Å². The number of benzene rings is 1. The zero-order chi connectivity index (χ0) is 30.1. The molecule has 0 saturated heterocycles. The fraction of sp³-hybridized carbons (Fsp3) is 0.788. The van der Waals surface area contributed by atoms with Gasteiger partial charge in [-0.15, -0.1) is 0 Å². The van der Waals surface area contributed by atoms with Crippen molar-refractivity contribution in [1.82, 2.24) is 0 Å². The third-order valence-electron chi connectivity index (χ3n) is 7.32. The first-order chi connectivity index (χ1) is 17.8. The van der Waals surface area contributed by atoms with Crippen molar-refractivity contribution in [1.29, 1.82) is 0 Å². The van der Waals surface area contributed by atoms with Crippen LogP contribution in [0.4, 0.5) is 5.69 Å². The highest BCUT2D eigenvalue weighted by atomic mass is 16.6. The van der Waals surface area contributed by atoms with Crippen molar-refractivity contribution in [2.45, 2.75) is 150 Å². The van der Waals surface area contributed by atoms with Crippen LogP contribution in [0.25, 0.3) is 0 Å². The molecule has 0 atom stereocenters. The Morgan fingerprint density at radius 1 is 0.718 bits per heavy atom. The molecule has 226 valence electrons. The minimum Gasteiger partial charge on any atom is -0.456 e. The predicted molar refractivity (Wildman–Crippen MR) is 163 cm³/mol. The summed E-state index contributed by atoms with van der Waals surface area (Å²) in [7, 11) is 0. The fourth-order valence-corrected chi connectivity index (χ4v) is 4.61. The van der Waals surface area contributed by atoms with Gasteiger partial charge in [0.05, 0.1) is 30.0 Å². The van der Waals surface area contributed by atoms with Crippen LogP contribution in [0, 0.1) is 0 Å². The molecular weight excluding hydrogens is 490 g/mol. The molecule has 6 nitrogen and oxygen atoms in total. The molecule has 39 heavy (non-hydrogen) atoms. The average molecular weight is 550 g/mol. The Bertz CT molecular complexity index is 829. The van der Waals surface area contributed by atoms with Crippen molar-refractivity contribution in [3.8, 4) is 0 Å². The third-order valence-corrected chi connectivity index (χ3v) is 7.32. The molecule has 0 N–H and O–H groups in total. The van der Waals surface area contributed by atoms with Crippen molar-refractivity contribution in [2.75, 3.05) is 24.7 Å². The molecule has 0 aliphatic heterocycles. The summed E-state index contributed by atoms with van der Waals surface area (Å²) in [4.78, 5) is 15.5. The highest BCUT2D eigenvalue weighted by Gasteiger charge is 2.38. The van der Waals surface area contributed by atoms with Gasteiger partial charge in [-0.1, -0.05) is 6.92 Å². The molecule has 0 bridgehead atoms. The maximum absolute atomic E-state index is 13.1. The number of rotatable bonds is 18. The standard InChI is InChI=1S/C33H59NO5/c1-14-32(10,11)38-24-21-33(12,13)39-29(35)27-15-17-28(18-16-27)34(30(6,7)19-22-36-25(2)3)31(8,9)20-23-37-26(4)5/h15-18,25-26H,14,19-24H2,1-13H3. The molecule has 0 unspecified atom stereocenters. The molecule has 0 aliphatic carbocycles. The molecule has 0 fully saturated rings. The van der Waals surface area contributed by atoms with Crippen molar-refractivity contribution in [3.05, 3.63) is 29.8 Å². The van der Waals surface area contributed by atoms with Crippen LogP contribution >= 0.6 is 0 Å². The van der Waals surface area contributed by atoms with Crippen LogP contribution < -0.4 is 4.90 Å². The normalized spacial score (nSPS) is 13.3. The lowest BCUT2D eigenvalue weighted by atomic mass is 9.87. The number of ether oxygens (including phenoxy) is 4. The fourth-order valence-electron chi connectivity index (χ4n) is 4.61. The summed E-state index contributed by atoms with van der Waals surface area (Å²) in [6, 6.07) is 7.82. The summed E-state index contributed by atoms with van der Waals surface area (Å²) in [5, 5.41) is 0. The van der Waals surface area contributed by atoms with Crippen LogP contribution in [-0.2, 0) is 18.9 Å². The Hall–Kier alpha value is -1.63. The van der Waals surface area contributed by atoms with Gasteiger partial charge in [-0.3, -0.25) is 0 Å². The Kier molecular flexibility index (Phi) is 13.5. The summed E-state index contributed by atoms with van der Waals surface area (Å²) in [5.74, 6) is -0.318. The first-order valence-corrected chi connectivity index (χ1v) is 14.8. The molecule has 0 amide bonds. The minimum absolute atomic E-state index is 0.175. The molecule has 0 spiro atoms. The molecule has 0 aromatic heterocycles. The predicted octanol–water partition coefficient (Wildman–Crippen LogP) is 8.21. The van der Waals surface area contributed by atoms with E-state index in [1.54, 1.807) is 0 Å². The van der Waals surface area contributed by atoms with Gasteiger partial charge >= 0.3 is 5.97 Å². The maximum Gasteiger partial charge on any atom is 0.338 e. The van der Waals surface area contributed by atoms with Crippen LogP contribution in [0.1, 0.15) is 126 Å². The third kappa shape index (κ3) is 12.6. The van der Waals surface area contributed by atoms with Gasteiger partial charge in [-0.05, 0) is 127 Å². The highest BCUT2D eigenvalue weighted by molar-refractivity contribution is 5.90. The second kappa shape index (κ2) is 14.8. The summed E-state index contributed by atoms with van der Waals surface area (Å²) in [6.07, 6.45) is 3.69. The number of nitrogens with zero attached hydrogens (tertiary/aromatic N) is 1. The van der Waals surface area contributed by atoms with E-state index in [1.807, 2.05) is 38.1 Å². The minimum atomic E-state index is -0.623. The topological polar surface area (TPSA) is 57.2 Å². The van der Waals surface area contributed by atoms with Gasteiger partial charge in [-0.2, -0.15) is 0 Å². The largest absolute Gasteiger partial charge is 0.456 e. The van der Waals surface area contributed by atoms with Gasteiger partial charge in [0.25, 0.3) is 0 Å². The average Bonchev–Trinajstić information content (AvgIpc) is 2.77. The highest BCUT2D eigenvalue weighted by Crippen LogP contribution is 2.36. The van der Waals surface area contributed by atoms with Crippen molar-refractivity contribution in [3.63, 3.8) is 0 Å². The van der Waals surface area contributed by atoms with Gasteiger partial charge in [0.1, 0.15) is 5.60 Å². The monoisotopic (exact) mass is 549 g/mol. The van der Waals surface area contributed by atoms with Crippen LogP contribution in [0.3, 0.4) is 0 Å². The van der Waals surface area contributed by atoms with Gasteiger partial charge in [0.2, 0.25) is 0 Å². The van der Waals surface area contributed by atoms with E-state index in [9.17, 15) is 4.79 Å². The zero-order valence-electron chi connectivity index (χ0n) is 27.4. The molecule has 1 aromatic carbocycles. The van der Waals surface area contributed by atoms with E-state index in [-0.39, 0.29) is 34.9 Å². The number of hydrogen-bond acceptors (Lipinski definition) is 6. The Balaban J connectivity index is 3.09. The lowest BCUT2D eigenvalue weighted by molar-refractivity contribution is -0.0560. The summed E-state index contributed by atoms with van der Waals surface area (Å²) < 4.78 is 23.7. The lowest BCUT2D eigenvalue weighted by Crippen LogP contribution is -2.57. The van der Waals surface area contributed by atoms with E-state index in [0.29, 0.717) is 31.8 Å². The molecular formula is C33H59NO5. The molecule has 1 rings (SSSR count). The summed E-state index contributed by atoms with van der Waals surface area (Å²) >= 11 is 0. The molecule has 6 heteroatoms. The Morgan fingerprint density at radius 3 is 1.59 bits per heavy atom.